The lowest BCUT2D eigenvalue weighted by atomic mass is 9.89. The maximum absolute atomic E-state index is 9.54. The zero-order valence-corrected chi connectivity index (χ0v) is 7.09. The van der Waals surface area contributed by atoms with Crippen molar-refractivity contribution in [1.29, 1.82) is 0 Å². The number of rotatable bonds is 0. The van der Waals surface area contributed by atoms with Crippen LogP contribution in [0.4, 0.5) is 0 Å². The average Bonchev–Trinajstić information content (AvgIpc) is 1.83. The molecule has 2 nitrogen and oxygen atoms in total. The molecule has 0 unspecified atom stereocenters. The largest absolute Gasteiger partial charge is 0.313 e. The first-order valence-electron chi connectivity index (χ1n) is 4.02. The lowest BCUT2D eigenvalue weighted by molar-refractivity contribution is -0.206. The Morgan fingerprint density at radius 3 is 2.50 bits per heavy atom. The van der Waals surface area contributed by atoms with Crippen molar-refractivity contribution in [1.82, 2.24) is 5.06 Å². The van der Waals surface area contributed by atoms with Crippen molar-refractivity contribution in [3.8, 4) is 0 Å². The fourth-order valence-electron chi connectivity index (χ4n) is 1.66. The predicted octanol–water partition coefficient (Wildman–Crippen LogP) is 2.03. The molecule has 1 atom stereocenters. The minimum absolute atomic E-state index is 0.00231. The molecule has 0 aromatic carbocycles. The lowest BCUT2D eigenvalue weighted by Gasteiger charge is -2.41. The second-order valence-corrected chi connectivity index (χ2v) is 3.90. The van der Waals surface area contributed by atoms with Crippen molar-refractivity contribution in [2.75, 3.05) is 0 Å². The van der Waals surface area contributed by atoms with E-state index >= 15 is 0 Å². The average molecular weight is 143 g/mol. The van der Waals surface area contributed by atoms with E-state index in [2.05, 4.69) is 20.8 Å². The molecule has 1 aliphatic rings. The lowest BCUT2D eigenvalue weighted by Crippen LogP contribution is -2.49. The molecule has 60 valence electrons. The number of piperidine rings is 1. The third-order valence-corrected chi connectivity index (χ3v) is 2.45. The van der Waals surface area contributed by atoms with Gasteiger partial charge in [-0.25, -0.2) is 0 Å². The molecule has 0 aromatic heterocycles. The van der Waals surface area contributed by atoms with E-state index in [1.54, 1.807) is 0 Å². The molecule has 0 aliphatic carbocycles. The molecule has 1 heterocycles. The van der Waals surface area contributed by atoms with E-state index in [9.17, 15) is 5.21 Å². The Morgan fingerprint density at radius 1 is 1.50 bits per heavy atom. The Balaban J connectivity index is 2.60. The molecule has 0 aromatic rings. The highest BCUT2D eigenvalue weighted by molar-refractivity contribution is 4.84. The summed E-state index contributed by atoms with van der Waals surface area (Å²) >= 11 is 0. The predicted molar refractivity (Wildman–Crippen MR) is 41.0 cm³/mol. The normalized spacial score (nSPS) is 34.2. The van der Waals surface area contributed by atoms with Crippen molar-refractivity contribution >= 4 is 0 Å². The number of hydroxylamine groups is 2. The van der Waals surface area contributed by atoms with Gasteiger partial charge in [0.15, 0.2) is 0 Å². The first kappa shape index (κ1) is 8.02. The molecule has 1 rings (SSSR count). The van der Waals surface area contributed by atoms with Crippen LogP contribution in [0.2, 0.25) is 0 Å². The number of hydrogen-bond acceptors (Lipinski definition) is 2. The van der Waals surface area contributed by atoms with Gasteiger partial charge in [-0.2, -0.15) is 5.06 Å². The van der Waals surface area contributed by atoms with Gasteiger partial charge < -0.3 is 5.21 Å². The molecule has 10 heavy (non-hydrogen) atoms. The van der Waals surface area contributed by atoms with Gasteiger partial charge in [0.05, 0.1) is 0 Å². The van der Waals surface area contributed by atoms with Crippen LogP contribution < -0.4 is 0 Å². The molecule has 0 bridgehead atoms. The topological polar surface area (TPSA) is 23.5 Å². The van der Waals surface area contributed by atoms with Crippen LogP contribution in [0.5, 0.6) is 0 Å². The van der Waals surface area contributed by atoms with Crippen LogP contribution in [0.3, 0.4) is 0 Å². The number of nitrogens with zero attached hydrogens (tertiary/aromatic N) is 1. The van der Waals surface area contributed by atoms with Gasteiger partial charge in [-0.1, -0.05) is 0 Å². The van der Waals surface area contributed by atoms with E-state index < -0.39 is 0 Å². The zero-order valence-electron chi connectivity index (χ0n) is 7.09. The van der Waals surface area contributed by atoms with Crippen LogP contribution >= 0.6 is 0 Å². The molecule has 1 saturated heterocycles. The van der Waals surface area contributed by atoms with E-state index in [0.717, 1.165) is 12.8 Å². The van der Waals surface area contributed by atoms with Crippen LogP contribution in [-0.2, 0) is 0 Å². The van der Waals surface area contributed by atoms with Gasteiger partial charge in [-0.05, 0) is 40.0 Å². The van der Waals surface area contributed by atoms with Crippen LogP contribution in [0, 0.1) is 0 Å². The Morgan fingerprint density at radius 2 is 2.10 bits per heavy atom. The molecule has 2 heteroatoms. The van der Waals surface area contributed by atoms with Gasteiger partial charge in [-0.15, -0.1) is 0 Å². The number of hydrogen-bond donors (Lipinski definition) is 1. The van der Waals surface area contributed by atoms with Crippen molar-refractivity contribution in [3.05, 3.63) is 0 Å². The molecule has 0 amide bonds. The molecule has 0 radical (unpaired) electrons. The molecule has 1 N–H and O–H groups in total. The van der Waals surface area contributed by atoms with Crippen molar-refractivity contribution in [2.45, 2.75) is 51.6 Å². The monoisotopic (exact) mass is 143 g/mol. The minimum Gasteiger partial charge on any atom is -0.313 e. The van der Waals surface area contributed by atoms with Crippen molar-refractivity contribution in [3.63, 3.8) is 0 Å². The standard InChI is InChI=1S/C8H17NO/c1-7-5-4-6-8(2,3)9(7)10/h7,10H,4-6H2,1-3H3/t7-/m0/s1. The summed E-state index contributed by atoms with van der Waals surface area (Å²) in [5.74, 6) is 0. The second kappa shape index (κ2) is 2.51. The van der Waals surface area contributed by atoms with E-state index in [1.807, 2.05) is 0 Å². The molecule has 0 saturated carbocycles. The summed E-state index contributed by atoms with van der Waals surface area (Å²) in [5, 5.41) is 11.0. The SMILES string of the molecule is C[C@H]1CCCC(C)(C)N1O. The molecular weight excluding hydrogens is 126 g/mol. The van der Waals surface area contributed by atoms with Crippen LogP contribution in [0.1, 0.15) is 40.0 Å². The Bertz CT molecular complexity index is 122. The summed E-state index contributed by atoms with van der Waals surface area (Å²) in [6.45, 7) is 6.24. The summed E-state index contributed by atoms with van der Waals surface area (Å²) in [4.78, 5) is 0. The van der Waals surface area contributed by atoms with Gasteiger partial charge in [-0.3, -0.25) is 0 Å². The smallest absolute Gasteiger partial charge is 0.0407 e. The fourth-order valence-corrected chi connectivity index (χ4v) is 1.66. The minimum atomic E-state index is -0.00231. The second-order valence-electron chi connectivity index (χ2n) is 3.90. The highest BCUT2D eigenvalue weighted by Gasteiger charge is 2.32. The Hall–Kier alpha value is -0.0800. The molecule has 1 fully saturated rings. The first-order chi connectivity index (χ1) is 4.54. The summed E-state index contributed by atoms with van der Waals surface area (Å²) < 4.78 is 0. The third kappa shape index (κ3) is 1.32. The van der Waals surface area contributed by atoms with Gasteiger partial charge in [0.2, 0.25) is 0 Å². The van der Waals surface area contributed by atoms with E-state index in [0.29, 0.717) is 6.04 Å². The van der Waals surface area contributed by atoms with Crippen molar-refractivity contribution in [2.24, 2.45) is 0 Å². The van der Waals surface area contributed by atoms with Crippen LogP contribution in [-0.4, -0.2) is 21.9 Å². The fraction of sp³-hybridized carbons (Fsp3) is 1.00. The van der Waals surface area contributed by atoms with Gasteiger partial charge >= 0.3 is 0 Å². The van der Waals surface area contributed by atoms with Gasteiger partial charge in [0.1, 0.15) is 0 Å². The van der Waals surface area contributed by atoms with Crippen molar-refractivity contribution < 1.29 is 5.21 Å². The maximum atomic E-state index is 9.54. The van der Waals surface area contributed by atoms with Crippen LogP contribution in [0.15, 0.2) is 0 Å². The molecular formula is C8H17NO. The summed E-state index contributed by atoms with van der Waals surface area (Å²) in [6.07, 6.45) is 3.47. The van der Waals surface area contributed by atoms with Crippen LogP contribution in [0.25, 0.3) is 0 Å². The summed E-state index contributed by atoms with van der Waals surface area (Å²) in [6, 6.07) is 0.337. The van der Waals surface area contributed by atoms with E-state index in [1.165, 1.54) is 11.5 Å². The summed E-state index contributed by atoms with van der Waals surface area (Å²) in [5.41, 5.74) is -0.00231. The molecule has 0 spiro atoms. The summed E-state index contributed by atoms with van der Waals surface area (Å²) in [7, 11) is 0. The van der Waals surface area contributed by atoms with E-state index in [-0.39, 0.29) is 5.54 Å². The van der Waals surface area contributed by atoms with E-state index in [4.69, 9.17) is 0 Å². The zero-order chi connectivity index (χ0) is 7.78. The highest BCUT2D eigenvalue weighted by Crippen LogP contribution is 2.28. The first-order valence-corrected chi connectivity index (χ1v) is 4.02. The molecule has 1 aliphatic heterocycles. The quantitative estimate of drug-likeness (QED) is 0.561. The Kier molecular flexibility index (Phi) is 2.02. The Labute approximate surface area is 62.8 Å². The maximum Gasteiger partial charge on any atom is 0.0407 e. The highest BCUT2D eigenvalue weighted by atomic mass is 16.5. The van der Waals surface area contributed by atoms with Gasteiger partial charge in [0, 0.05) is 11.6 Å². The van der Waals surface area contributed by atoms with Gasteiger partial charge in [0.25, 0.3) is 0 Å². The third-order valence-electron chi connectivity index (χ3n) is 2.45.